The van der Waals surface area contributed by atoms with Gasteiger partial charge in [0.05, 0.1) is 26.5 Å². The molecule has 8 nitrogen and oxygen atoms in total. The quantitative estimate of drug-likeness (QED) is 0.660. The number of rotatable bonds is 2. The lowest BCUT2D eigenvalue weighted by atomic mass is 10.1. The fourth-order valence-electron chi connectivity index (χ4n) is 2.32. The Morgan fingerprint density at radius 2 is 2.28 bits per heavy atom. The summed E-state index contributed by atoms with van der Waals surface area (Å²) in [5, 5.41) is 17.2. The maximum atomic E-state index is 11.3. The maximum Gasteiger partial charge on any atom is 0.360 e. The first-order valence-corrected chi connectivity index (χ1v) is 5.62. The van der Waals surface area contributed by atoms with Gasteiger partial charge in [0.15, 0.2) is 5.69 Å². The van der Waals surface area contributed by atoms with E-state index in [1.54, 1.807) is 0 Å². The summed E-state index contributed by atoms with van der Waals surface area (Å²) >= 11 is 0. The second-order valence-corrected chi connectivity index (χ2v) is 4.31. The third-order valence-electron chi connectivity index (χ3n) is 3.25. The maximum absolute atomic E-state index is 11.3. The van der Waals surface area contributed by atoms with Crippen LogP contribution < -0.4 is 0 Å². The van der Waals surface area contributed by atoms with Gasteiger partial charge >= 0.3 is 5.97 Å². The molecule has 18 heavy (non-hydrogen) atoms. The van der Waals surface area contributed by atoms with Gasteiger partial charge in [-0.3, -0.25) is 0 Å². The van der Waals surface area contributed by atoms with Crippen LogP contribution in [-0.2, 0) is 14.2 Å². The largest absolute Gasteiger partial charge is 0.464 e. The fraction of sp³-hybridized carbons (Fsp3) is 0.700. The van der Waals surface area contributed by atoms with Crippen molar-refractivity contribution >= 4 is 5.97 Å². The minimum Gasteiger partial charge on any atom is -0.464 e. The van der Waals surface area contributed by atoms with Gasteiger partial charge in [-0.2, -0.15) is 0 Å². The van der Waals surface area contributed by atoms with Crippen molar-refractivity contribution in [2.75, 3.05) is 20.3 Å². The zero-order valence-electron chi connectivity index (χ0n) is 9.72. The molecule has 0 aromatic carbocycles. The van der Waals surface area contributed by atoms with Gasteiger partial charge in [-0.25, -0.2) is 9.48 Å². The van der Waals surface area contributed by atoms with E-state index >= 15 is 0 Å². The van der Waals surface area contributed by atoms with Gasteiger partial charge in [-0.15, -0.1) is 5.10 Å². The second kappa shape index (κ2) is 4.30. The van der Waals surface area contributed by atoms with Crippen molar-refractivity contribution in [3.05, 3.63) is 11.9 Å². The van der Waals surface area contributed by atoms with Gasteiger partial charge in [-0.1, -0.05) is 5.21 Å². The van der Waals surface area contributed by atoms with Gasteiger partial charge in [-0.05, 0) is 0 Å². The Labute approximate surface area is 102 Å². The summed E-state index contributed by atoms with van der Waals surface area (Å²) in [4.78, 5) is 11.3. The standard InChI is InChI=1S/C10H13N3O5/c1-16-10(15)5-2-13(12-11-5)6-3-17-9-7(14)4-18-8(6)9/h2,6-9,14H,3-4H2,1H3. The molecule has 2 saturated heterocycles. The molecule has 2 aliphatic rings. The van der Waals surface area contributed by atoms with Crippen LogP contribution in [0.5, 0.6) is 0 Å². The molecular weight excluding hydrogens is 242 g/mol. The number of fused-ring (bicyclic) bond motifs is 1. The van der Waals surface area contributed by atoms with E-state index < -0.39 is 12.1 Å². The summed E-state index contributed by atoms with van der Waals surface area (Å²) < 4.78 is 17.0. The summed E-state index contributed by atoms with van der Waals surface area (Å²) in [5.41, 5.74) is 0.138. The highest BCUT2D eigenvalue weighted by Crippen LogP contribution is 2.33. The van der Waals surface area contributed by atoms with E-state index in [2.05, 4.69) is 15.0 Å². The Hall–Kier alpha value is -1.51. The number of aliphatic hydroxyl groups is 1. The van der Waals surface area contributed by atoms with E-state index in [1.807, 2.05) is 0 Å². The van der Waals surface area contributed by atoms with Gasteiger partial charge in [0, 0.05) is 0 Å². The number of carbonyl (C=O) groups excluding carboxylic acids is 1. The molecule has 3 heterocycles. The lowest BCUT2D eigenvalue weighted by Gasteiger charge is -2.14. The molecule has 4 unspecified atom stereocenters. The number of aromatic nitrogens is 3. The normalized spacial score (nSPS) is 34.6. The SMILES string of the molecule is COC(=O)c1cn(C2COC3C(O)COC32)nn1. The van der Waals surface area contributed by atoms with E-state index in [-0.39, 0.29) is 30.6 Å². The van der Waals surface area contributed by atoms with Crippen LogP contribution in [0.4, 0.5) is 0 Å². The predicted octanol–water partition coefficient (Wildman–Crippen LogP) is -1.24. The number of methoxy groups -OCH3 is 1. The lowest BCUT2D eigenvalue weighted by molar-refractivity contribution is 0.0169. The highest BCUT2D eigenvalue weighted by atomic mass is 16.6. The first-order chi connectivity index (χ1) is 8.70. The minimum absolute atomic E-state index is 0.138. The van der Waals surface area contributed by atoms with Crippen LogP contribution in [0.25, 0.3) is 0 Å². The minimum atomic E-state index is -0.608. The van der Waals surface area contributed by atoms with Crippen LogP contribution >= 0.6 is 0 Å². The molecule has 3 rings (SSSR count). The molecular formula is C10H13N3O5. The van der Waals surface area contributed by atoms with Crippen molar-refractivity contribution in [2.45, 2.75) is 24.4 Å². The van der Waals surface area contributed by atoms with Crippen LogP contribution in [0, 0.1) is 0 Å². The zero-order chi connectivity index (χ0) is 12.7. The molecule has 0 bridgehead atoms. The summed E-state index contributed by atoms with van der Waals surface area (Å²) in [6, 6.07) is -0.182. The number of hydrogen-bond acceptors (Lipinski definition) is 7. The number of aliphatic hydroxyl groups excluding tert-OH is 1. The Morgan fingerprint density at radius 3 is 3.06 bits per heavy atom. The highest BCUT2D eigenvalue weighted by Gasteiger charge is 2.48. The molecule has 0 aliphatic carbocycles. The monoisotopic (exact) mass is 255 g/mol. The molecule has 4 atom stereocenters. The summed E-state index contributed by atoms with van der Waals surface area (Å²) in [7, 11) is 1.28. The average molecular weight is 255 g/mol. The predicted molar refractivity (Wildman–Crippen MR) is 55.9 cm³/mol. The Bertz CT molecular complexity index is 462. The first-order valence-electron chi connectivity index (χ1n) is 5.62. The Kier molecular flexibility index (Phi) is 2.77. The van der Waals surface area contributed by atoms with E-state index in [4.69, 9.17) is 9.47 Å². The molecule has 98 valence electrons. The summed E-state index contributed by atoms with van der Waals surface area (Å²) in [6.45, 7) is 0.626. The smallest absolute Gasteiger partial charge is 0.360 e. The van der Waals surface area contributed by atoms with Crippen molar-refractivity contribution in [3.63, 3.8) is 0 Å². The summed E-state index contributed by atoms with van der Waals surface area (Å²) in [6.07, 6.45) is 0.299. The van der Waals surface area contributed by atoms with Crippen molar-refractivity contribution in [1.29, 1.82) is 0 Å². The van der Waals surface area contributed by atoms with Crippen LogP contribution in [0.1, 0.15) is 16.5 Å². The van der Waals surface area contributed by atoms with Crippen LogP contribution in [0.3, 0.4) is 0 Å². The van der Waals surface area contributed by atoms with Gasteiger partial charge < -0.3 is 19.3 Å². The van der Waals surface area contributed by atoms with E-state index in [0.29, 0.717) is 6.61 Å². The molecule has 1 aromatic heterocycles. The van der Waals surface area contributed by atoms with Gasteiger partial charge in [0.25, 0.3) is 0 Å². The molecule has 2 aliphatic heterocycles. The van der Waals surface area contributed by atoms with Crippen molar-refractivity contribution in [2.24, 2.45) is 0 Å². The molecule has 2 fully saturated rings. The molecule has 1 aromatic rings. The Balaban J connectivity index is 1.79. The van der Waals surface area contributed by atoms with Crippen LogP contribution in [0.15, 0.2) is 6.20 Å². The van der Waals surface area contributed by atoms with Crippen molar-refractivity contribution < 1.29 is 24.1 Å². The van der Waals surface area contributed by atoms with Gasteiger partial charge in [0.2, 0.25) is 0 Å². The zero-order valence-corrected chi connectivity index (χ0v) is 9.72. The van der Waals surface area contributed by atoms with E-state index in [9.17, 15) is 9.90 Å². The number of hydrogen-bond donors (Lipinski definition) is 1. The number of esters is 1. The topological polar surface area (TPSA) is 95.7 Å². The highest BCUT2D eigenvalue weighted by molar-refractivity contribution is 5.86. The molecule has 1 N–H and O–H groups in total. The van der Waals surface area contributed by atoms with Crippen molar-refractivity contribution in [3.8, 4) is 0 Å². The third-order valence-corrected chi connectivity index (χ3v) is 3.25. The molecule has 0 radical (unpaired) electrons. The van der Waals surface area contributed by atoms with E-state index in [1.165, 1.54) is 18.0 Å². The second-order valence-electron chi connectivity index (χ2n) is 4.31. The van der Waals surface area contributed by atoms with Crippen LogP contribution in [-0.4, -0.2) is 64.7 Å². The Morgan fingerprint density at radius 1 is 1.50 bits per heavy atom. The number of nitrogens with zero attached hydrogens (tertiary/aromatic N) is 3. The number of ether oxygens (including phenoxy) is 3. The molecule has 0 amide bonds. The van der Waals surface area contributed by atoms with Crippen molar-refractivity contribution in [1.82, 2.24) is 15.0 Å². The first kappa shape index (κ1) is 11.6. The van der Waals surface area contributed by atoms with Gasteiger partial charge in [0.1, 0.15) is 24.4 Å². The average Bonchev–Trinajstić information content (AvgIpc) is 3.05. The summed E-state index contributed by atoms with van der Waals surface area (Å²) in [5.74, 6) is -0.538. The van der Waals surface area contributed by atoms with Crippen LogP contribution in [0.2, 0.25) is 0 Å². The molecule has 8 heteroatoms. The molecule has 0 saturated carbocycles. The fourth-order valence-corrected chi connectivity index (χ4v) is 2.32. The molecule has 0 spiro atoms. The van der Waals surface area contributed by atoms with E-state index in [0.717, 1.165) is 0 Å². The number of carbonyl (C=O) groups is 1. The third kappa shape index (κ3) is 1.69. The lowest BCUT2D eigenvalue weighted by Crippen LogP contribution is -2.30.